The first-order chi connectivity index (χ1) is 14.3. The predicted molar refractivity (Wildman–Crippen MR) is 130 cm³/mol. The maximum absolute atomic E-state index is 6.93. The molecule has 2 saturated heterocycles. The second-order valence-corrected chi connectivity index (χ2v) is 14.8. The van der Waals surface area contributed by atoms with E-state index >= 15 is 0 Å². The van der Waals surface area contributed by atoms with E-state index in [-0.39, 0.29) is 5.79 Å². The molecule has 0 aromatic rings. The summed E-state index contributed by atoms with van der Waals surface area (Å²) >= 11 is 2.74. The van der Waals surface area contributed by atoms with Gasteiger partial charge in [-0.05, 0) is 104 Å². The van der Waals surface area contributed by atoms with E-state index in [1.807, 2.05) is 0 Å². The lowest BCUT2D eigenvalue weighted by atomic mass is 9.44. The molecule has 0 N–H and O–H groups in total. The van der Waals surface area contributed by atoms with E-state index in [0.717, 1.165) is 40.6 Å². The summed E-state index contributed by atoms with van der Waals surface area (Å²) in [4.78, 5) is 0. The molecule has 0 bridgehead atoms. The minimum atomic E-state index is -0.255. The first-order valence-electron chi connectivity index (χ1n) is 13.2. The average molecular weight is 527 g/mol. The fourth-order valence-corrected chi connectivity index (χ4v) is 11.1. The second kappa shape index (κ2) is 7.08. The summed E-state index contributed by atoms with van der Waals surface area (Å²) in [5.74, 6) is 5.54. The van der Waals surface area contributed by atoms with Crippen molar-refractivity contribution in [1.82, 2.24) is 0 Å². The molecule has 2 heterocycles. The van der Waals surface area contributed by atoms with Crippen molar-refractivity contribution in [1.29, 1.82) is 0 Å². The Labute approximate surface area is 198 Å². The van der Waals surface area contributed by atoms with E-state index in [0.29, 0.717) is 34.7 Å². The summed E-state index contributed by atoms with van der Waals surface area (Å²) in [5, 5.41) is 0. The van der Waals surface area contributed by atoms with E-state index in [9.17, 15) is 0 Å². The summed E-state index contributed by atoms with van der Waals surface area (Å²) in [6, 6.07) is 0. The molecule has 1 spiro atoms. The van der Waals surface area contributed by atoms with Crippen LogP contribution in [0.1, 0.15) is 91.9 Å². The summed E-state index contributed by atoms with van der Waals surface area (Å²) in [6.07, 6.45) is 14.5. The van der Waals surface area contributed by atoms with Gasteiger partial charge in [-0.3, -0.25) is 0 Å². The van der Waals surface area contributed by atoms with Crippen LogP contribution in [0.15, 0.2) is 0 Å². The molecular formula is C27H43IO2. The first-order valence-corrected chi connectivity index (χ1v) is 14.5. The van der Waals surface area contributed by atoms with Gasteiger partial charge < -0.3 is 9.47 Å². The topological polar surface area (TPSA) is 18.5 Å². The second-order valence-electron chi connectivity index (χ2n) is 13.0. The number of ether oxygens (including phenoxy) is 2. The summed E-state index contributed by atoms with van der Waals surface area (Å²) < 4.78 is 14.4. The largest absolute Gasteiger partial charge is 0.349 e. The van der Waals surface area contributed by atoms with Crippen LogP contribution in [0.25, 0.3) is 0 Å². The maximum Gasteiger partial charge on any atom is 0.171 e. The van der Waals surface area contributed by atoms with Crippen molar-refractivity contribution in [3.63, 3.8) is 0 Å². The monoisotopic (exact) mass is 526 g/mol. The van der Waals surface area contributed by atoms with Gasteiger partial charge in [0, 0.05) is 16.3 Å². The van der Waals surface area contributed by atoms with Gasteiger partial charge >= 0.3 is 0 Å². The summed E-state index contributed by atoms with van der Waals surface area (Å²) in [6.45, 7) is 11.1. The predicted octanol–water partition coefficient (Wildman–Crippen LogP) is 7.24. The van der Waals surface area contributed by atoms with Crippen molar-refractivity contribution in [3.8, 4) is 0 Å². The number of hydrogen-bond acceptors (Lipinski definition) is 2. The molecule has 0 aromatic carbocycles. The normalized spacial score (nSPS) is 62.5. The third-order valence-electron chi connectivity index (χ3n) is 11.9. The van der Waals surface area contributed by atoms with Gasteiger partial charge in [0.1, 0.15) is 0 Å². The standard InChI is InChI=1S/C27H43IO2/c1-16-7-12-27(29-15-16)17(2)24-23(30-27)14-22-20-6-5-18-13-19(28)8-10-25(18,3)21(20)9-11-26(22,24)4/h16-24H,5-15H2,1-4H3/t16-,17-,18?,19-,20?,21?,22?,23?,24?,25-,26-,27+/m0/s1. The molecule has 3 heteroatoms. The van der Waals surface area contributed by atoms with Crippen molar-refractivity contribution in [2.24, 2.45) is 52.3 Å². The first kappa shape index (κ1) is 21.2. The van der Waals surface area contributed by atoms with Gasteiger partial charge in [0.2, 0.25) is 0 Å². The van der Waals surface area contributed by atoms with Gasteiger partial charge in [-0.2, -0.15) is 0 Å². The molecule has 30 heavy (non-hydrogen) atoms. The lowest BCUT2D eigenvalue weighted by molar-refractivity contribution is -0.273. The van der Waals surface area contributed by atoms with Gasteiger partial charge in [0.15, 0.2) is 5.79 Å². The van der Waals surface area contributed by atoms with E-state index in [4.69, 9.17) is 9.47 Å². The van der Waals surface area contributed by atoms with Crippen molar-refractivity contribution in [2.45, 2.75) is 108 Å². The molecule has 0 amide bonds. The number of fused-ring (bicyclic) bond motifs is 7. The number of hydrogen-bond donors (Lipinski definition) is 0. The highest BCUT2D eigenvalue weighted by molar-refractivity contribution is 14.1. The Morgan fingerprint density at radius 2 is 1.63 bits per heavy atom. The highest BCUT2D eigenvalue weighted by Gasteiger charge is 2.69. The molecule has 6 unspecified atom stereocenters. The van der Waals surface area contributed by atoms with E-state index in [2.05, 4.69) is 50.3 Å². The molecule has 2 nitrogen and oxygen atoms in total. The zero-order valence-electron chi connectivity index (χ0n) is 19.7. The number of rotatable bonds is 0. The smallest absolute Gasteiger partial charge is 0.171 e. The van der Waals surface area contributed by atoms with Crippen LogP contribution in [-0.2, 0) is 9.47 Å². The summed E-state index contributed by atoms with van der Waals surface area (Å²) in [5.41, 5.74) is 1.10. The van der Waals surface area contributed by atoms with Crippen LogP contribution in [0, 0.1) is 52.3 Å². The Morgan fingerprint density at radius 3 is 2.40 bits per heavy atom. The Bertz CT molecular complexity index is 686. The third kappa shape index (κ3) is 2.79. The van der Waals surface area contributed by atoms with E-state index in [1.165, 1.54) is 57.8 Å². The zero-order valence-corrected chi connectivity index (χ0v) is 21.8. The maximum atomic E-state index is 6.93. The van der Waals surface area contributed by atoms with Crippen molar-refractivity contribution in [3.05, 3.63) is 0 Å². The van der Waals surface area contributed by atoms with Gasteiger partial charge in [0.05, 0.1) is 12.7 Å². The molecule has 4 aliphatic carbocycles. The molecule has 0 aromatic heterocycles. The summed E-state index contributed by atoms with van der Waals surface area (Å²) in [7, 11) is 0. The van der Waals surface area contributed by atoms with Crippen LogP contribution < -0.4 is 0 Å². The fourth-order valence-electron chi connectivity index (χ4n) is 10.2. The molecule has 170 valence electrons. The molecule has 0 radical (unpaired) electrons. The fraction of sp³-hybridized carbons (Fsp3) is 1.00. The molecular weight excluding hydrogens is 483 g/mol. The van der Waals surface area contributed by atoms with E-state index < -0.39 is 0 Å². The van der Waals surface area contributed by atoms with Crippen molar-refractivity contribution in [2.75, 3.05) is 6.61 Å². The van der Waals surface area contributed by atoms with Crippen LogP contribution in [0.2, 0.25) is 0 Å². The van der Waals surface area contributed by atoms with Gasteiger partial charge in [-0.1, -0.05) is 50.3 Å². The molecule has 12 atom stereocenters. The molecule has 4 saturated carbocycles. The van der Waals surface area contributed by atoms with Crippen LogP contribution in [0.4, 0.5) is 0 Å². The third-order valence-corrected chi connectivity index (χ3v) is 13.0. The van der Waals surface area contributed by atoms with Crippen LogP contribution >= 0.6 is 22.6 Å². The highest BCUT2D eigenvalue weighted by atomic mass is 127. The zero-order chi connectivity index (χ0) is 20.9. The van der Waals surface area contributed by atoms with Gasteiger partial charge in [0.25, 0.3) is 0 Å². The minimum absolute atomic E-state index is 0.255. The molecule has 6 aliphatic rings. The number of halogens is 1. The van der Waals surface area contributed by atoms with Gasteiger partial charge in [-0.15, -0.1) is 0 Å². The van der Waals surface area contributed by atoms with Crippen LogP contribution in [0.5, 0.6) is 0 Å². The lowest BCUT2D eigenvalue weighted by Gasteiger charge is -2.61. The van der Waals surface area contributed by atoms with Crippen LogP contribution in [-0.4, -0.2) is 22.4 Å². The average Bonchev–Trinajstić information content (AvgIpc) is 3.16. The lowest BCUT2D eigenvalue weighted by Crippen LogP contribution is -2.54. The molecule has 6 rings (SSSR count). The highest BCUT2D eigenvalue weighted by Crippen LogP contribution is 2.71. The quantitative estimate of drug-likeness (QED) is 0.245. The van der Waals surface area contributed by atoms with Crippen LogP contribution in [0.3, 0.4) is 0 Å². The molecule has 2 aliphatic heterocycles. The van der Waals surface area contributed by atoms with Gasteiger partial charge in [-0.25, -0.2) is 0 Å². The SMILES string of the molecule is C[C@H]1CC[C@@]2(OC1)OC1CC3C4CCC5C[C@@H](I)CC[C@]5(C)C4CC[C@]3(C)C1[C@@H]2C. The Kier molecular flexibility index (Phi) is 5.00. The van der Waals surface area contributed by atoms with Crippen molar-refractivity contribution >= 4 is 22.6 Å². The Hall–Kier alpha value is 0.650. The van der Waals surface area contributed by atoms with Crippen molar-refractivity contribution < 1.29 is 9.47 Å². The van der Waals surface area contributed by atoms with E-state index in [1.54, 1.807) is 0 Å². The minimum Gasteiger partial charge on any atom is -0.349 e. The molecule has 6 fully saturated rings. The Balaban J connectivity index is 1.26. The number of alkyl halides is 1. The Morgan fingerprint density at radius 1 is 0.833 bits per heavy atom.